The fourth-order valence-electron chi connectivity index (χ4n) is 2.57. The third-order valence-corrected chi connectivity index (χ3v) is 4.13. The van der Waals surface area contributed by atoms with Crippen molar-refractivity contribution >= 4 is 5.91 Å². The van der Waals surface area contributed by atoms with Crippen LogP contribution in [0.15, 0.2) is 4.52 Å². The van der Waals surface area contributed by atoms with Crippen molar-refractivity contribution in [1.29, 1.82) is 0 Å². The Bertz CT molecular complexity index is 504. The molecule has 122 valence electrons. The first-order chi connectivity index (χ1) is 10.6. The zero-order chi connectivity index (χ0) is 15.5. The smallest absolute Gasteiger partial charge is 0.240 e. The van der Waals surface area contributed by atoms with Crippen LogP contribution < -0.4 is 5.32 Å². The van der Waals surface area contributed by atoms with Crippen LogP contribution in [-0.2, 0) is 11.3 Å². The molecule has 1 aromatic rings. The zero-order valence-electron chi connectivity index (χ0n) is 13.4. The molecule has 1 N–H and O–H groups in total. The van der Waals surface area contributed by atoms with Crippen LogP contribution >= 0.6 is 0 Å². The van der Waals surface area contributed by atoms with Crippen LogP contribution in [0.4, 0.5) is 0 Å². The number of rotatable bonds is 6. The molecule has 1 saturated heterocycles. The number of carbonyl (C=O) groups is 1. The maximum atomic E-state index is 11.8. The summed E-state index contributed by atoms with van der Waals surface area (Å²) in [5.74, 6) is 1.91. The minimum atomic E-state index is 0.162. The Morgan fingerprint density at radius 1 is 1.27 bits per heavy atom. The van der Waals surface area contributed by atoms with E-state index in [2.05, 4.69) is 39.1 Å². The van der Waals surface area contributed by atoms with Gasteiger partial charge in [-0.2, -0.15) is 4.98 Å². The molecule has 1 amide bonds. The number of aromatic nitrogens is 2. The quantitative estimate of drug-likeness (QED) is 0.829. The van der Waals surface area contributed by atoms with Gasteiger partial charge in [-0.1, -0.05) is 19.0 Å². The predicted octanol–water partition coefficient (Wildman–Crippen LogP) is 0.589. The molecule has 1 aromatic heterocycles. The highest BCUT2D eigenvalue weighted by Crippen LogP contribution is 2.18. The van der Waals surface area contributed by atoms with Gasteiger partial charge in [-0.3, -0.25) is 14.6 Å². The molecule has 0 aromatic carbocycles. The Hall–Kier alpha value is -1.47. The fraction of sp³-hybridized carbons (Fsp3) is 0.800. The van der Waals surface area contributed by atoms with Gasteiger partial charge in [-0.15, -0.1) is 0 Å². The number of carbonyl (C=O) groups excluding carboxylic acids is 1. The molecule has 2 fully saturated rings. The van der Waals surface area contributed by atoms with E-state index in [1.54, 1.807) is 0 Å². The standard InChI is InChI=1S/C15H25N5O2/c1-11(2)15-17-14(22-18-15)10-20-7-5-19(6-8-20)9-13(21)16-12-3-4-12/h11-12H,3-10H2,1-2H3,(H,16,21). The van der Waals surface area contributed by atoms with Gasteiger partial charge >= 0.3 is 0 Å². The summed E-state index contributed by atoms with van der Waals surface area (Å²) < 4.78 is 5.29. The second-order valence-electron chi connectivity index (χ2n) is 6.60. The highest BCUT2D eigenvalue weighted by molar-refractivity contribution is 5.78. The Morgan fingerprint density at radius 2 is 1.95 bits per heavy atom. The van der Waals surface area contributed by atoms with Gasteiger partial charge in [0.05, 0.1) is 13.1 Å². The first-order valence-corrected chi connectivity index (χ1v) is 8.16. The van der Waals surface area contributed by atoms with Crippen molar-refractivity contribution in [2.45, 2.75) is 45.2 Å². The lowest BCUT2D eigenvalue weighted by molar-refractivity contribution is -0.122. The molecule has 1 saturated carbocycles. The Morgan fingerprint density at radius 3 is 2.55 bits per heavy atom. The summed E-state index contributed by atoms with van der Waals surface area (Å²) >= 11 is 0. The summed E-state index contributed by atoms with van der Waals surface area (Å²) in [6.45, 7) is 8.99. The van der Waals surface area contributed by atoms with Gasteiger partial charge in [0, 0.05) is 38.1 Å². The molecule has 2 heterocycles. The summed E-state index contributed by atoms with van der Waals surface area (Å²) in [7, 11) is 0. The van der Waals surface area contributed by atoms with Crippen LogP contribution in [0, 0.1) is 0 Å². The van der Waals surface area contributed by atoms with E-state index in [-0.39, 0.29) is 5.91 Å². The van der Waals surface area contributed by atoms with E-state index in [0.29, 0.717) is 30.9 Å². The molecule has 1 aliphatic carbocycles. The van der Waals surface area contributed by atoms with Crippen LogP contribution in [-0.4, -0.2) is 64.6 Å². The van der Waals surface area contributed by atoms with E-state index in [9.17, 15) is 4.79 Å². The lowest BCUT2D eigenvalue weighted by Gasteiger charge is -2.33. The van der Waals surface area contributed by atoms with Crippen molar-refractivity contribution in [3.63, 3.8) is 0 Å². The third kappa shape index (κ3) is 4.27. The van der Waals surface area contributed by atoms with Gasteiger partial charge in [0.2, 0.25) is 11.8 Å². The second kappa shape index (κ2) is 6.75. The van der Waals surface area contributed by atoms with Gasteiger partial charge in [-0.25, -0.2) is 0 Å². The maximum absolute atomic E-state index is 11.8. The van der Waals surface area contributed by atoms with E-state index >= 15 is 0 Å². The highest BCUT2D eigenvalue weighted by Gasteiger charge is 2.25. The van der Waals surface area contributed by atoms with E-state index < -0.39 is 0 Å². The summed E-state index contributed by atoms with van der Waals surface area (Å²) in [6.07, 6.45) is 2.28. The van der Waals surface area contributed by atoms with Crippen molar-refractivity contribution in [3.8, 4) is 0 Å². The molecule has 1 aliphatic heterocycles. The summed E-state index contributed by atoms with van der Waals surface area (Å²) in [6, 6.07) is 0.446. The molecule has 3 rings (SSSR count). The first kappa shape index (κ1) is 15.4. The average molecular weight is 307 g/mol. The normalized spacial score (nSPS) is 20.5. The fourth-order valence-corrected chi connectivity index (χ4v) is 2.57. The van der Waals surface area contributed by atoms with Crippen LogP contribution in [0.1, 0.15) is 44.3 Å². The number of amides is 1. The topological polar surface area (TPSA) is 74.5 Å². The maximum Gasteiger partial charge on any atom is 0.240 e. The van der Waals surface area contributed by atoms with E-state index in [0.717, 1.165) is 44.8 Å². The van der Waals surface area contributed by atoms with Gasteiger partial charge in [0.25, 0.3) is 0 Å². The van der Waals surface area contributed by atoms with E-state index in [1.165, 1.54) is 0 Å². The molecule has 0 unspecified atom stereocenters. The lowest BCUT2D eigenvalue weighted by Crippen LogP contribution is -2.49. The Balaban J connectivity index is 1.40. The highest BCUT2D eigenvalue weighted by atomic mass is 16.5. The predicted molar refractivity (Wildman–Crippen MR) is 81.3 cm³/mol. The van der Waals surface area contributed by atoms with Crippen LogP contribution in [0.3, 0.4) is 0 Å². The molecule has 0 atom stereocenters. The van der Waals surface area contributed by atoms with Crippen molar-refractivity contribution in [3.05, 3.63) is 11.7 Å². The van der Waals surface area contributed by atoms with E-state index in [4.69, 9.17) is 4.52 Å². The average Bonchev–Trinajstić information content (AvgIpc) is 3.16. The minimum absolute atomic E-state index is 0.162. The zero-order valence-corrected chi connectivity index (χ0v) is 13.4. The van der Waals surface area contributed by atoms with Crippen LogP contribution in [0.5, 0.6) is 0 Å². The largest absolute Gasteiger partial charge is 0.352 e. The SMILES string of the molecule is CC(C)c1noc(CN2CCN(CC(=O)NC3CC3)CC2)n1. The monoisotopic (exact) mass is 307 g/mol. The second-order valence-corrected chi connectivity index (χ2v) is 6.60. The van der Waals surface area contributed by atoms with Gasteiger partial charge in [0.1, 0.15) is 0 Å². The van der Waals surface area contributed by atoms with Crippen molar-refractivity contribution in [1.82, 2.24) is 25.3 Å². The van der Waals surface area contributed by atoms with Gasteiger partial charge in [0.15, 0.2) is 5.82 Å². The molecular weight excluding hydrogens is 282 g/mol. The Kier molecular flexibility index (Phi) is 4.73. The van der Waals surface area contributed by atoms with Crippen LogP contribution in [0.25, 0.3) is 0 Å². The number of nitrogens with one attached hydrogen (secondary N) is 1. The lowest BCUT2D eigenvalue weighted by atomic mass is 10.2. The number of hydrogen-bond acceptors (Lipinski definition) is 6. The van der Waals surface area contributed by atoms with Crippen molar-refractivity contribution < 1.29 is 9.32 Å². The molecule has 0 spiro atoms. The number of hydrogen-bond donors (Lipinski definition) is 1. The first-order valence-electron chi connectivity index (χ1n) is 8.16. The van der Waals surface area contributed by atoms with Crippen molar-refractivity contribution in [2.24, 2.45) is 0 Å². The molecular formula is C15H25N5O2. The summed E-state index contributed by atoms with van der Waals surface area (Å²) in [4.78, 5) is 20.7. The van der Waals surface area contributed by atoms with E-state index in [1.807, 2.05) is 0 Å². The van der Waals surface area contributed by atoms with Crippen molar-refractivity contribution in [2.75, 3.05) is 32.7 Å². The molecule has 0 bridgehead atoms. The van der Waals surface area contributed by atoms with Crippen LogP contribution in [0.2, 0.25) is 0 Å². The number of nitrogens with zero attached hydrogens (tertiary/aromatic N) is 4. The summed E-state index contributed by atoms with van der Waals surface area (Å²) in [5.41, 5.74) is 0. The Labute approximate surface area is 131 Å². The molecule has 22 heavy (non-hydrogen) atoms. The van der Waals surface area contributed by atoms with Gasteiger partial charge < -0.3 is 9.84 Å². The molecule has 2 aliphatic rings. The molecule has 7 nitrogen and oxygen atoms in total. The summed E-state index contributed by atoms with van der Waals surface area (Å²) in [5, 5.41) is 7.03. The van der Waals surface area contributed by atoms with Gasteiger partial charge in [-0.05, 0) is 12.8 Å². The number of piperazine rings is 1. The third-order valence-electron chi connectivity index (χ3n) is 4.13. The molecule has 0 radical (unpaired) electrons. The molecule has 7 heteroatoms. The minimum Gasteiger partial charge on any atom is -0.352 e.